The number of hydrogen-bond donors (Lipinski definition) is 2. The highest BCUT2D eigenvalue weighted by Gasteiger charge is 2.23. The minimum absolute atomic E-state index is 0.167. The summed E-state index contributed by atoms with van der Waals surface area (Å²) in [6.45, 7) is 2.64. The summed E-state index contributed by atoms with van der Waals surface area (Å²) in [7, 11) is 1.96. The average molecular weight is 244 g/mol. The maximum absolute atomic E-state index is 9.55. The fraction of sp³-hybridized carbons (Fsp3) is 0.467. The number of aliphatic hydroxyl groups is 1. The van der Waals surface area contributed by atoms with Gasteiger partial charge in [-0.2, -0.15) is 0 Å². The number of benzene rings is 1. The molecule has 18 heavy (non-hydrogen) atoms. The lowest BCUT2D eigenvalue weighted by atomic mass is 10.0. The highest BCUT2D eigenvalue weighted by atomic mass is 16.3. The van der Waals surface area contributed by atoms with Crippen molar-refractivity contribution in [3.63, 3.8) is 0 Å². The predicted molar refractivity (Wildman–Crippen MR) is 73.2 cm³/mol. The Morgan fingerprint density at radius 1 is 1.61 bits per heavy atom. The Morgan fingerprint density at radius 2 is 2.44 bits per heavy atom. The zero-order chi connectivity index (χ0) is 13.0. The molecule has 0 bridgehead atoms. The number of rotatable bonds is 4. The van der Waals surface area contributed by atoms with Gasteiger partial charge in [0, 0.05) is 31.2 Å². The molecule has 1 fully saturated rings. The van der Waals surface area contributed by atoms with Crippen LogP contribution in [0.3, 0.4) is 0 Å². The fourth-order valence-corrected chi connectivity index (χ4v) is 2.44. The summed E-state index contributed by atoms with van der Waals surface area (Å²) in [6, 6.07) is 8.33. The molecule has 1 aromatic rings. The van der Waals surface area contributed by atoms with Gasteiger partial charge in [-0.05, 0) is 31.2 Å². The lowest BCUT2D eigenvalue weighted by Crippen LogP contribution is -2.33. The minimum Gasteiger partial charge on any atom is -0.392 e. The van der Waals surface area contributed by atoms with Gasteiger partial charge in [0.25, 0.3) is 0 Å². The number of likely N-dealkylation sites (N-methyl/N-ethyl adjacent to an activating group) is 1. The van der Waals surface area contributed by atoms with E-state index in [1.165, 1.54) is 5.56 Å². The first-order valence-corrected chi connectivity index (χ1v) is 6.37. The Hall–Kier alpha value is -1.34. The third-order valence-corrected chi connectivity index (χ3v) is 3.49. The van der Waals surface area contributed by atoms with Crippen LogP contribution in [0.5, 0.6) is 0 Å². The molecular weight excluding hydrogens is 224 g/mol. The van der Waals surface area contributed by atoms with Crippen LogP contribution >= 0.6 is 0 Å². The maximum Gasteiger partial charge on any atom is 0.0679 e. The van der Waals surface area contributed by atoms with Gasteiger partial charge >= 0.3 is 0 Å². The highest BCUT2D eigenvalue weighted by molar-refractivity contribution is 5.36. The largest absolute Gasteiger partial charge is 0.392 e. The van der Waals surface area contributed by atoms with Crippen LogP contribution in [0.15, 0.2) is 24.3 Å². The van der Waals surface area contributed by atoms with E-state index in [2.05, 4.69) is 22.2 Å². The Balaban J connectivity index is 2.06. The Bertz CT molecular complexity index is 438. The normalized spacial score (nSPS) is 21.7. The van der Waals surface area contributed by atoms with E-state index in [0.29, 0.717) is 0 Å². The first-order valence-electron chi connectivity index (χ1n) is 6.37. The zero-order valence-corrected chi connectivity index (χ0v) is 10.8. The van der Waals surface area contributed by atoms with E-state index < -0.39 is 0 Å². The second-order valence-electron chi connectivity index (χ2n) is 4.81. The molecule has 3 heteroatoms. The molecule has 0 aromatic heterocycles. The van der Waals surface area contributed by atoms with Gasteiger partial charge in [-0.15, -0.1) is 6.42 Å². The summed E-state index contributed by atoms with van der Waals surface area (Å²) < 4.78 is 0. The molecule has 1 aromatic carbocycles. The van der Waals surface area contributed by atoms with Crippen molar-refractivity contribution in [2.75, 3.05) is 26.7 Å². The molecule has 0 radical (unpaired) electrons. The topological polar surface area (TPSA) is 35.5 Å². The molecule has 0 spiro atoms. The molecule has 0 aliphatic carbocycles. The van der Waals surface area contributed by atoms with Gasteiger partial charge in [-0.25, -0.2) is 0 Å². The van der Waals surface area contributed by atoms with Crippen molar-refractivity contribution in [2.45, 2.75) is 18.6 Å². The van der Waals surface area contributed by atoms with Crippen molar-refractivity contribution in [1.82, 2.24) is 10.2 Å². The van der Waals surface area contributed by atoms with Gasteiger partial charge in [-0.1, -0.05) is 18.1 Å². The van der Waals surface area contributed by atoms with E-state index in [1.54, 1.807) is 0 Å². The smallest absolute Gasteiger partial charge is 0.0679 e. The van der Waals surface area contributed by atoms with Crippen molar-refractivity contribution in [1.29, 1.82) is 0 Å². The molecule has 1 unspecified atom stereocenters. The number of hydrogen-bond acceptors (Lipinski definition) is 3. The Labute approximate surface area is 109 Å². The molecule has 2 N–H and O–H groups in total. The number of nitrogens with zero attached hydrogens (tertiary/aromatic N) is 1. The monoisotopic (exact) mass is 244 g/mol. The van der Waals surface area contributed by atoms with Crippen LogP contribution in [0.25, 0.3) is 0 Å². The van der Waals surface area contributed by atoms with Crippen LogP contribution in [-0.2, 0) is 0 Å². The van der Waals surface area contributed by atoms with E-state index in [0.717, 1.165) is 31.6 Å². The summed E-state index contributed by atoms with van der Waals surface area (Å²) in [4.78, 5) is 2.29. The molecule has 96 valence electrons. The third-order valence-electron chi connectivity index (χ3n) is 3.49. The first-order chi connectivity index (χ1) is 8.72. The van der Waals surface area contributed by atoms with E-state index >= 15 is 0 Å². The second-order valence-corrected chi connectivity index (χ2v) is 4.81. The Morgan fingerprint density at radius 3 is 3.06 bits per heavy atom. The lowest BCUT2D eigenvalue weighted by Gasteiger charge is -2.23. The quantitative estimate of drug-likeness (QED) is 0.776. The van der Waals surface area contributed by atoms with Crippen molar-refractivity contribution < 1.29 is 5.11 Å². The number of nitrogens with one attached hydrogen (secondary N) is 1. The molecule has 1 aliphatic heterocycles. The van der Waals surface area contributed by atoms with Crippen LogP contribution in [0.1, 0.15) is 23.6 Å². The summed E-state index contributed by atoms with van der Waals surface area (Å²) in [6.07, 6.45) is 6.14. The van der Waals surface area contributed by atoms with Gasteiger partial charge < -0.3 is 10.4 Å². The third kappa shape index (κ3) is 3.11. The molecular formula is C15H20N2O. The molecule has 1 heterocycles. The summed E-state index contributed by atoms with van der Waals surface area (Å²) in [5.74, 6) is 2.67. The van der Waals surface area contributed by atoms with Crippen LogP contribution < -0.4 is 5.32 Å². The van der Waals surface area contributed by atoms with Crippen LogP contribution in [0.4, 0.5) is 0 Å². The predicted octanol–water partition coefficient (Wildman–Crippen LogP) is 0.995. The standard InChI is InChI=1S/C15H20N2O/c1-3-12-5-4-6-13(9-12)15(16-2)11-17-8-7-14(18)10-17/h1,4-6,9,14-16,18H,7-8,10-11H2,2H3/t14-,15?/m1/s1. The summed E-state index contributed by atoms with van der Waals surface area (Å²) in [5.41, 5.74) is 2.11. The molecule has 3 nitrogen and oxygen atoms in total. The molecule has 0 amide bonds. The maximum atomic E-state index is 9.55. The van der Waals surface area contributed by atoms with Crippen molar-refractivity contribution in [3.05, 3.63) is 35.4 Å². The van der Waals surface area contributed by atoms with Gasteiger partial charge in [-0.3, -0.25) is 4.90 Å². The van der Waals surface area contributed by atoms with Gasteiger partial charge in [0.2, 0.25) is 0 Å². The van der Waals surface area contributed by atoms with E-state index in [-0.39, 0.29) is 12.1 Å². The molecule has 1 saturated heterocycles. The van der Waals surface area contributed by atoms with Crippen LogP contribution in [-0.4, -0.2) is 42.8 Å². The Kier molecular flexibility index (Phi) is 4.38. The van der Waals surface area contributed by atoms with E-state index in [1.807, 2.05) is 25.2 Å². The molecule has 0 saturated carbocycles. The van der Waals surface area contributed by atoms with E-state index in [9.17, 15) is 5.11 Å². The first kappa shape index (κ1) is 13.1. The number of likely N-dealkylation sites (tertiary alicyclic amines) is 1. The molecule has 2 atom stereocenters. The van der Waals surface area contributed by atoms with Gasteiger partial charge in [0.05, 0.1) is 6.10 Å². The van der Waals surface area contributed by atoms with Gasteiger partial charge in [0.15, 0.2) is 0 Å². The minimum atomic E-state index is -0.167. The van der Waals surface area contributed by atoms with Crippen LogP contribution in [0, 0.1) is 12.3 Å². The lowest BCUT2D eigenvalue weighted by molar-refractivity contribution is 0.173. The SMILES string of the molecule is C#Cc1cccc(C(CN2CC[C@@H](O)C2)NC)c1. The summed E-state index contributed by atoms with van der Waals surface area (Å²) in [5, 5.41) is 12.9. The van der Waals surface area contributed by atoms with E-state index in [4.69, 9.17) is 6.42 Å². The van der Waals surface area contributed by atoms with Crippen molar-refractivity contribution in [3.8, 4) is 12.3 Å². The number of β-amino-alcohol motifs (C(OH)–C–C–N with tert-alkyl or cyclic N) is 1. The highest BCUT2D eigenvalue weighted by Crippen LogP contribution is 2.18. The van der Waals surface area contributed by atoms with Crippen molar-refractivity contribution >= 4 is 0 Å². The summed E-state index contributed by atoms with van der Waals surface area (Å²) >= 11 is 0. The zero-order valence-electron chi connectivity index (χ0n) is 10.8. The van der Waals surface area contributed by atoms with Gasteiger partial charge in [0.1, 0.15) is 0 Å². The van der Waals surface area contributed by atoms with Crippen LogP contribution in [0.2, 0.25) is 0 Å². The fourth-order valence-electron chi connectivity index (χ4n) is 2.44. The number of terminal acetylenes is 1. The van der Waals surface area contributed by atoms with Crippen molar-refractivity contribution in [2.24, 2.45) is 0 Å². The molecule has 1 aliphatic rings. The number of aliphatic hydroxyl groups excluding tert-OH is 1. The average Bonchev–Trinajstić information content (AvgIpc) is 2.81. The molecule has 2 rings (SSSR count). The second kappa shape index (κ2) is 6.01.